The van der Waals surface area contributed by atoms with Crippen molar-refractivity contribution in [1.29, 1.82) is 0 Å². The van der Waals surface area contributed by atoms with Gasteiger partial charge in [0, 0.05) is 24.4 Å². The number of thioether (sulfide) groups is 1. The maximum atomic E-state index is 11.8. The van der Waals surface area contributed by atoms with Gasteiger partial charge in [0.2, 0.25) is 0 Å². The van der Waals surface area contributed by atoms with Crippen molar-refractivity contribution < 1.29 is 24.0 Å². The number of nitro benzene ring substituents is 1. The van der Waals surface area contributed by atoms with Crippen molar-refractivity contribution in [3.8, 4) is 0 Å². The van der Waals surface area contributed by atoms with Gasteiger partial charge in [0.05, 0.1) is 24.3 Å². The van der Waals surface area contributed by atoms with E-state index in [1.165, 1.54) is 35.9 Å². The molecule has 1 aliphatic rings. The number of nitro groups is 1. The Balaban J connectivity index is 1.83. The van der Waals surface area contributed by atoms with Gasteiger partial charge < -0.3 is 14.4 Å². The van der Waals surface area contributed by atoms with E-state index in [9.17, 15) is 19.7 Å². The molecular formula is C14H16N2O6S. The maximum Gasteiger partial charge on any atom is 0.410 e. The van der Waals surface area contributed by atoms with E-state index in [0.717, 1.165) is 5.56 Å². The predicted octanol–water partition coefficient (Wildman–Crippen LogP) is 1.82. The number of cyclic esters (lactones) is 1. The average Bonchev–Trinajstić information content (AvgIpc) is 2.87. The molecule has 1 atom stereocenters. The van der Waals surface area contributed by atoms with Crippen molar-refractivity contribution in [1.82, 2.24) is 4.90 Å². The second kappa shape index (κ2) is 7.82. The predicted molar refractivity (Wildman–Crippen MR) is 83.1 cm³/mol. The van der Waals surface area contributed by atoms with Crippen LogP contribution < -0.4 is 0 Å². The van der Waals surface area contributed by atoms with Crippen LogP contribution in [0.4, 0.5) is 10.5 Å². The number of esters is 1. The van der Waals surface area contributed by atoms with Crippen LogP contribution in [-0.2, 0) is 20.8 Å². The smallest absolute Gasteiger partial charge is 0.410 e. The van der Waals surface area contributed by atoms with Gasteiger partial charge >= 0.3 is 12.1 Å². The highest BCUT2D eigenvalue weighted by atomic mass is 32.2. The number of benzene rings is 1. The van der Waals surface area contributed by atoms with Crippen LogP contribution >= 0.6 is 11.8 Å². The molecule has 1 amide bonds. The molecule has 0 aromatic heterocycles. The topological polar surface area (TPSA) is 99.0 Å². The zero-order valence-electron chi connectivity index (χ0n) is 12.5. The van der Waals surface area contributed by atoms with Gasteiger partial charge in [0.25, 0.3) is 5.69 Å². The van der Waals surface area contributed by atoms with Gasteiger partial charge in [0.15, 0.2) is 0 Å². The summed E-state index contributed by atoms with van der Waals surface area (Å²) in [4.78, 5) is 34.5. The molecule has 0 spiro atoms. The Morgan fingerprint density at radius 3 is 2.78 bits per heavy atom. The minimum Gasteiger partial charge on any atom is -0.468 e. The molecule has 0 unspecified atom stereocenters. The van der Waals surface area contributed by atoms with E-state index in [-0.39, 0.29) is 23.5 Å². The van der Waals surface area contributed by atoms with E-state index < -0.39 is 11.0 Å². The molecule has 0 N–H and O–H groups in total. The minimum atomic E-state index is -0.470. The Hall–Kier alpha value is -2.29. The highest BCUT2D eigenvalue weighted by Crippen LogP contribution is 2.20. The molecule has 1 aromatic carbocycles. The summed E-state index contributed by atoms with van der Waals surface area (Å²) in [6.45, 7) is 0.749. The third-order valence-corrected chi connectivity index (χ3v) is 4.27. The van der Waals surface area contributed by atoms with E-state index >= 15 is 0 Å². The summed E-state index contributed by atoms with van der Waals surface area (Å²) < 4.78 is 9.77. The SMILES string of the molecule is COC(=O)CSC[C@@H]1CN(Cc2ccc([N+](=O)[O-])cc2)C(=O)O1. The van der Waals surface area contributed by atoms with Crippen LogP contribution in [0.25, 0.3) is 0 Å². The van der Waals surface area contributed by atoms with Crippen molar-refractivity contribution >= 4 is 29.5 Å². The lowest BCUT2D eigenvalue weighted by Gasteiger charge is -2.12. The van der Waals surface area contributed by atoms with Gasteiger partial charge in [-0.15, -0.1) is 11.8 Å². The first-order chi connectivity index (χ1) is 11.0. The molecule has 1 fully saturated rings. The van der Waals surface area contributed by atoms with Gasteiger partial charge in [-0.25, -0.2) is 4.79 Å². The minimum absolute atomic E-state index is 0.00911. The number of hydrogen-bond donors (Lipinski definition) is 0. The van der Waals surface area contributed by atoms with E-state index in [4.69, 9.17) is 4.74 Å². The molecule has 0 radical (unpaired) electrons. The number of carbonyl (C=O) groups is 2. The summed E-state index contributed by atoms with van der Waals surface area (Å²) >= 11 is 1.35. The number of carbonyl (C=O) groups excluding carboxylic acids is 2. The van der Waals surface area contributed by atoms with Gasteiger partial charge in [-0.05, 0) is 5.56 Å². The highest BCUT2D eigenvalue weighted by molar-refractivity contribution is 7.99. The molecule has 8 nitrogen and oxygen atoms in total. The van der Waals surface area contributed by atoms with Crippen LogP contribution in [0.5, 0.6) is 0 Å². The zero-order chi connectivity index (χ0) is 16.8. The van der Waals surface area contributed by atoms with Gasteiger partial charge in [0.1, 0.15) is 6.10 Å². The fraction of sp³-hybridized carbons (Fsp3) is 0.429. The summed E-state index contributed by atoms with van der Waals surface area (Å²) in [6.07, 6.45) is -0.706. The Labute approximate surface area is 136 Å². The third kappa shape index (κ3) is 4.85. The lowest BCUT2D eigenvalue weighted by molar-refractivity contribution is -0.384. The van der Waals surface area contributed by atoms with E-state index in [2.05, 4.69) is 4.74 Å². The summed E-state index contributed by atoms with van der Waals surface area (Å²) in [5.74, 6) is 0.409. The Morgan fingerprint density at radius 2 is 2.17 bits per heavy atom. The summed E-state index contributed by atoms with van der Waals surface area (Å²) in [6, 6.07) is 6.04. The van der Waals surface area contributed by atoms with E-state index in [1.807, 2.05) is 0 Å². The Kier molecular flexibility index (Phi) is 5.80. The monoisotopic (exact) mass is 340 g/mol. The quantitative estimate of drug-likeness (QED) is 0.424. The van der Waals surface area contributed by atoms with E-state index in [1.54, 1.807) is 12.1 Å². The maximum absolute atomic E-state index is 11.8. The van der Waals surface area contributed by atoms with Crippen molar-refractivity contribution in [3.63, 3.8) is 0 Å². The van der Waals surface area contributed by atoms with Gasteiger partial charge in [-0.3, -0.25) is 14.9 Å². The van der Waals surface area contributed by atoms with Gasteiger partial charge in [-0.2, -0.15) is 0 Å². The molecule has 0 saturated carbocycles. The van der Waals surface area contributed by atoms with Crippen LogP contribution in [0.3, 0.4) is 0 Å². The largest absolute Gasteiger partial charge is 0.468 e. The summed E-state index contributed by atoms with van der Waals surface area (Å²) in [5, 5.41) is 10.6. The third-order valence-electron chi connectivity index (χ3n) is 3.22. The number of amides is 1. The van der Waals surface area contributed by atoms with Crippen LogP contribution in [0.2, 0.25) is 0 Å². The summed E-state index contributed by atoms with van der Waals surface area (Å²) in [5.41, 5.74) is 0.797. The number of ether oxygens (including phenoxy) is 2. The van der Waals surface area contributed by atoms with E-state index in [0.29, 0.717) is 18.8 Å². The molecule has 0 aliphatic carbocycles. The lowest BCUT2D eigenvalue weighted by atomic mass is 10.2. The first-order valence-electron chi connectivity index (χ1n) is 6.83. The number of rotatable bonds is 7. The van der Waals surface area contributed by atoms with Crippen LogP contribution in [0, 0.1) is 10.1 Å². The Bertz CT molecular complexity index is 591. The Morgan fingerprint density at radius 1 is 1.48 bits per heavy atom. The van der Waals surface area contributed by atoms with Crippen molar-refractivity contribution in [2.45, 2.75) is 12.6 Å². The number of nitrogens with zero attached hydrogens (tertiary/aromatic N) is 2. The number of non-ortho nitro benzene ring substituents is 1. The first-order valence-corrected chi connectivity index (χ1v) is 7.98. The molecule has 23 heavy (non-hydrogen) atoms. The number of methoxy groups -OCH3 is 1. The molecule has 1 aliphatic heterocycles. The fourth-order valence-corrected chi connectivity index (χ4v) is 2.91. The van der Waals surface area contributed by atoms with Crippen molar-refractivity contribution in [2.75, 3.05) is 25.2 Å². The molecule has 1 saturated heterocycles. The molecule has 124 valence electrons. The van der Waals surface area contributed by atoms with Crippen molar-refractivity contribution in [2.24, 2.45) is 0 Å². The van der Waals surface area contributed by atoms with Crippen LogP contribution in [0.15, 0.2) is 24.3 Å². The highest BCUT2D eigenvalue weighted by Gasteiger charge is 2.31. The van der Waals surface area contributed by atoms with Gasteiger partial charge in [-0.1, -0.05) is 12.1 Å². The zero-order valence-corrected chi connectivity index (χ0v) is 13.3. The first kappa shape index (κ1) is 17.1. The second-order valence-electron chi connectivity index (χ2n) is 4.90. The molecule has 1 aromatic rings. The summed E-state index contributed by atoms with van der Waals surface area (Å²) in [7, 11) is 1.32. The lowest BCUT2D eigenvalue weighted by Crippen LogP contribution is -2.25. The number of hydrogen-bond acceptors (Lipinski definition) is 7. The molecule has 2 rings (SSSR count). The standard InChI is InChI=1S/C14H16N2O6S/c1-21-13(17)9-23-8-12-7-15(14(18)22-12)6-10-2-4-11(5-3-10)16(19)20/h2-5,12H,6-9H2,1H3/t12-/m0/s1. The fourth-order valence-electron chi connectivity index (χ4n) is 2.07. The van der Waals surface area contributed by atoms with Crippen molar-refractivity contribution in [3.05, 3.63) is 39.9 Å². The average molecular weight is 340 g/mol. The molecule has 1 heterocycles. The normalized spacial score (nSPS) is 17.0. The van der Waals surface area contributed by atoms with Crippen LogP contribution in [-0.4, -0.2) is 53.1 Å². The van der Waals surface area contributed by atoms with Crippen LogP contribution in [0.1, 0.15) is 5.56 Å². The molecule has 0 bridgehead atoms. The second-order valence-corrected chi connectivity index (χ2v) is 5.93. The molecular weight excluding hydrogens is 324 g/mol. The molecule has 9 heteroatoms.